The van der Waals surface area contributed by atoms with Gasteiger partial charge in [0.25, 0.3) is 0 Å². The second-order valence-corrected chi connectivity index (χ2v) is 10.8. The summed E-state index contributed by atoms with van der Waals surface area (Å²) in [5.74, 6) is 2.80. The minimum atomic E-state index is -0.121. The molecule has 0 spiro atoms. The molecule has 0 bridgehead atoms. The number of benzene rings is 2. The molecule has 1 saturated heterocycles. The molecular formula is C31H40N2O5. The van der Waals surface area contributed by atoms with Gasteiger partial charge in [-0.3, -0.25) is 19.4 Å². The lowest BCUT2D eigenvalue weighted by atomic mass is 9.88. The molecule has 5 rings (SSSR count). The van der Waals surface area contributed by atoms with E-state index in [0.29, 0.717) is 24.3 Å². The van der Waals surface area contributed by atoms with Gasteiger partial charge in [-0.1, -0.05) is 37.5 Å². The zero-order valence-corrected chi connectivity index (χ0v) is 22.7. The van der Waals surface area contributed by atoms with Crippen LogP contribution in [0.3, 0.4) is 0 Å². The number of imide groups is 1. The van der Waals surface area contributed by atoms with Crippen LogP contribution in [0.1, 0.15) is 74.6 Å². The van der Waals surface area contributed by atoms with Crippen LogP contribution in [0.4, 0.5) is 0 Å². The lowest BCUT2D eigenvalue weighted by Gasteiger charge is -2.34. The number of rotatable bonds is 11. The molecule has 0 unspecified atom stereocenters. The summed E-state index contributed by atoms with van der Waals surface area (Å²) in [5, 5.41) is 0. The number of carbonyl (C=O) groups is 2. The highest BCUT2D eigenvalue weighted by atomic mass is 16.5. The topological polar surface area (TPSA) is 68.3 Å². The van der Waals surface area contributed by atoms with Crippen molar-refractivity contribution in [1.29, 1.82) is 0 Å². The smallest absolute Gasteiger partial charge is 0.229 e. The van der Waals surface area contributed by atoms with Gasteiger partial charge in [0, 0.05) is 38.4 Å². The van der Waals surface area contributed by atoms with Crippen molar-refractivity contribution < 1.29 is 23.8 Å². The molecule has 1 saturated carbocycles. The molecule has 2 amide bonds. The molecule has 2 aromatic rings. The number of amides is 2. The Bertz CT molecular complexity index is 1130. The van der Waals surface area contributed by atoms with Crippen molar-refractivity contribution in [1.82, 2.24) is 9.80 Å². The van der Waals surface area contributed by atoms with Gasteiger partial charge in [-0.15, -0.1) is 0 Å². The average molecular weight is 521 g/mol. The van der Waals surface area contributed by atoms with Crippen LogP contribution in [0, 0.1) is 5.92 Å². The monoisotopic (exact) mass is 520 g/mol. The molecule has 7 heteroatoms. The molecule has 0 radical (unpaired) electrons. The molecule has 38 heavy (non-hydrogen) atoms. The first kappa shape index (κ1) is 26.5. The summed E-state index contributed by atoms with van der Waals surface area (Å²) in [4.78, 5) is 27.6. The predicted octanol–water partition coefficient (Wildman–Crippen LogP) is 5.30. The summed E-state index contributed by atoms with van der Waals surface area (Å²) in [6.07, 6.45) is 8.21. The molecule has 7 nitrogen and oxygen atoms in total. The predicted molar refractivity (Wildman–Crippen MR) is 145 cm³/mol. The quantitative estimate of drug-likeness (QED) is 0.375. The molecular weight excluding hydrogens is 480 g/mol. The highest BCUT2D eigenvalue weighted by molar-refractivity contribution is 6.01. The van der Waals surface area contributed by atoms with Gasteiger partial charge in [0.05, 0.1) is 20.3 Å². The van der Waals surface area contributed by atoms with Gasteiger partial charge in [0.2, 0.25) is 11.8 Å². The standard InChI is InChI=1S/C31H40N2O5/c1-22(25-9-11-27-26(19-25)14-16-37-27)32(20-23-6-4-3-5-7-23)21-24-8-10-28(29(18-24)36-2)38-17-15-33-30(34)12-13-31(33)35/h8-11,18-19,22-23H,3-7,12-17,20-21H2,1-2H3/t22-/m0/s1. The van der Waals surface area contributed by atoms with E-state index in [9.17, 15) is 9.59 Å². The third kappa shape index (κ3) is 6.15. The maximum atomic E-state index is 11.9. The fourth-order valence-corrected chi connectivity index (χ4v) is 6.02. The van der Waals surface area contributed by atoms with E-state index in [2.05, 4.69) is 42.2 Å². The van der Waals surface area contributed by atoms with Gasteiger partial charge in [-0.05, 0) is 60.6 Å². The Morgan fingerprint density at radius 2 is 1.79 bits per heavy atom. The molecule has 3 aliphatic rings. The molecule has 2 heterocycles. The van der Waals surface area contributed by atoms with Crippen molar-refractivity contribution >= 4 is 11.8 Å². The first-order chi connectivity index (χ1) is 18.5. The number of hydrogen-bond acceptors (Lipinski definition) is 6. The molecule has 2 aliphatic heterocycles. The Balaban J connectivity index is 1.28. The number of fused-ring (bicyclic) bond motifs is 1. The molecule has 0 aromatic heterocycles. The largest absolute Gasteiger partial charge is 0.493 e. The summed E-state index contributed by atoms with van der Waals surface area (Å²) in [5.41, 5.74) is 3.82. The lowest BCUT2D eigenvalue weighted by Crippen LogP contribution is -2.33. The SMILES string of the molecule is COc1cc(CN(CC2CCCCC2)[C@@H](C)c2ccc3c(c2)CCO3)ccc1OCCN1C(=O)CCC1=O. The van der Waals surface area contributed by atoms with Crippen LogP contribution < -0.4 is 14.2 Å². The first-order valence-corrected chi connectivity index (χ1v) is 14.1. The summed E-state index contributed by atoms with van der Waals surface area (Å²) >= 11 is 0. The third-order valence-electron chi connectivity index (χ3n) is 8.30. The molecule has 1 atom stereocenters. The third-order valence-corrected chi connectivity index (χ3v) is 8.30. The number of methoxy groups -OCH3 is 1. The number of nitrogens with zero attached hydrogens (tertiary/aromatic N) is 2. The zero-order valence-electron chi connectivity index (χ0n) is 22.7. The summed E-state index contributed by atoms with van der Waals surface area (Å²) < 4.78 is 17.3. The second kappa shape index (κ2) is 12.2. The van der Waals surface area contributed by atoms with Gasteiger partial charge >= 0.3 is 0 Å². The van der Waals surface area contributed by atoms with Crippen molar-refractivity contribution in [2.24, 2.45) is 5.92 Å². The zero-order chi connectivity index (χ0) is 26.5. The van der Waals surface area contributed by atoms with E-state index in [1.54, 1.807) is 7.11 Å². The highest BCUT2D eigenvalue weighted by Crippen LogP contribution is 2.34. The van der Waals surface area contributed by atoms with E-state index >= 15 is 0 Å². The molecule has 2 fully saturated rings. The van der Waals surface area contributed by atoms with Crippen molar-refractivity contribution in [2.75, 3.05) is 33.4 Å². The average Bonchev–Trinajstić information content (AvgIpc) is 3.54. The molecule has 2 aromatic carbocycles. The fraction of sp³-hybridized carbons (Fsp3) is 0.548. The maximum absolute atomic E-state index is 11.9. The van der Waals surface area contributed by atoms with Crippen LogP contribution in [0.25, 0.3) is 0 Å². The molecule has 1 aliphatic carbocycles. The van der Waals surface area contributed by atoms with E-state index in [1.165, 1.54) is 53.7 Å². The number of likely N-dealkylation sites (tertiary alicyclic amines) is 1. The van der Waals surface area contributed by atoms with E-state index in [1.807, 2.05) is 6.07 Å². The molecule has 0 N–H and O–H groups in total. The normalized spacial score (nSPS) is 18.6. The molecule has 204 valence electrons. The number of ether oxygens (including phenoxy) is 3. The first-order valence-electron chi connectivity index (χ1n) is 14.1. The Morgan fingerprint density at radius 1 is 1.00 bits per heavy atom. The van der Waals surface area contributed by atoms with Crippen LogP contribution in [-0.4, -0.2) is 55.0 Å². The minimum absolute atomic E-state index is 0.121. The fourth-order valence-electron chi connectivity index (χ4n) is 6.02. The van der Waals surface area contributed by atoms with Crippen LogP contribution in [-0.2, 0) is 22.6 Å². The maximum Gasteiger partial charge on any atom is 0.229 e. The second-order valence-electron chi connectivity index (χ2n) is 10.8. The summed E-state index contributed by atoms with van der Waals surface area (Å²) in [7, 11) is 1.65. The highest BCUT2D eigenvalue weighted by Gasteiger charge is 2.28. The Hall–Kier alpha value is -3.06. The van der Waals surface area contributed by atoms with E-state index < -0.39 is 0 Å². The summed E-state index contributed by atoms with van der Waals surface area (Å²) in [6, 6.07) is 13.0. The van der Waals surface area contributed by atoms with Crippen LogP contribution in [0.5, 0.6) is 17.2 Å². The summed E-state index contributed by atoms with van der Waals surface area (Å²) in [6.45, 7) is 5.50. The van der Waals surface area contributed by atoms with E-state index in [-0.39, 0.29) is 31.0 Å². The Kier molecular flexibility index (Phi) is 8.52. The van der Waals surface area contributed by atoms with Crippen LogP contribution in [0.15, 0.2) is 36.4 Å². The van der Waals surface area contributed by atoms with Crippen molar-refractivity contribution in [3.05, 3.63) is 53.1 Å². The van der Waals surface area contributed by atoms with Crippen molar-refractivity contribution in [2.45, 2.75) is 70.9 Å². The van der Waals surface area contributed by atoms with Gasteiger partial charge in [-0.2, -0.15) is 0 Å². The van der Waals surface area contributed by atoms with Crippen molar-refractivity contribution in [3.63, 3.8) is 0 Å². The van der Waals surface area contributed by atoms with Gasteiger partial charge in [-0.25, -0.2) is 0 Å². The van der Waals surface area contributed by atoms with Gasteiger partial charge in [0.1, 0.15) is 12.4 Å². The Labute approximate surface area is 226 Å². The van der Waals surface area contributed by atoms with E-state index in [4.69, 9.17) is 14.2 Å². The lowest BCUT2D eigenvalue weighted by molar-refractivity contribution is -0.138. The van der Waals surface area contributed by atoms with Gasteiger partial charge < -0.3 is 14.2 Å². The van der Waals surface area contributed by atoms with Gasteiger partial charge in [0.15, 0.2) is 11.5 Å². The Morgan fingerprint density at radius 3 is 2.55 bits per heavy atom. The minimum Gasteiger partial charge on any atom is -0.493 e. The van der Waals surface area contributed by atoms with Crippen molar-refractivity contribution in [3.8, 4) is 17.2 Å². The number of hydrogen-bond donors (Lipinski definition) is 0. The number of carbonyl (C=O) groups excluding carboxylic acids is 2. The van der Waals surface area contributed by atoms with Crippen LogP contribution >= 0.6 is 0 Å². The van der Waals surface area contributed by atoms with E-state index in [0.717, 1.165) is 37.8 Å². The van der Waals surface area contributed by atoms with Crippen LogP contribution in [0.2, 0.25) is 0 Å².